The number of carbonyl (C=O) groups excluding carboxylic acids is 1. The van der Waals surface area contributed by atoms with Gasteiger partial charge in [-0.15, -0.1) is 0 Å². The first-order chi connectivity index (χ1) is 8.99. The molecule has 1 aliphatic rings. The predicted molar refractivity (Wildman–Crippen MR) is 75.9 cm³/mol. The number of rotatable bonds is 3. The molecule has 0 saturated carbocycles. The van der Waals surface area contributed by atoms with Crippen molar-refractivity contribution in [1.82, 2.24) is 15.1 Å². The van der Waals surface area contributed by atoms with E-state index in [2.05, 4.69) is 37.9 Å². The zero-order chi connectivity index (χ0) is 14.0. The molecule has 1 aliphatic heterocycles. The van der Waals surface area contributed by atoms with Crippen molar-refractivity contribution in [3.05, 3.63) is 17.0 Å². The molecule has 0 atom stereocenters. The van der Waals surface area contributed by atoms with E-state index in [1.807, 2.05) is 4.90 Å². The zero-order valence-electron chi connectivity index (χ0n) is 12.5. The number of nitrogens with one attached hydrogen (secondary N) is 1. The maximum Gasteiger partial charge on any atom is 0.223 e. The second-order valence-corrected chi connectivity index (χ2v) is 6.24. The van der Waals surface area contributed by atoms with E-state index in [1.165, 1.54) is 11.3 Å². The van der Waals surface area contributed by atoms with E-state index in [0.29, 0.717) is 18.3 Å². The van der Waals surface area contributed by atoms with Crippen molar-refractivity contribution in [2.75, 3.05) is 6.54 Å². The fourth-order valence-corrected chi connectivity index (χ4v) is 2.69. The third-order valence-corrected chi connectivity index (χ3v) is 3.67. The lowest BCUT2D eigenvalue weighted by molar-refractivity contribution is -0.132. The van der Waals surface area contributed by atoms with Gasteiger partial charge in [-0.2, -0.15) is 5.10 Å². The lowest BCUT2D eigenvalue weighted by atomic mass is 10.0. The minimum atomic E-state index is 0.277. The third-order valence-electron chi connectivity index (χ3n) is 3.67. The highest BCUT2D eigenvalue weighted by Gasteiger charge is 2.24. The van der Waals surface area contributed by atoms with Crippen LogP contribution in [-0.4, -0.2) is 27.5 Å². The van der Waals surface area contributed by atoms with Gasteiger partial charge in [0.1, 0.15) is 0 Å². The Balaban J connectivity index is 2.19. The Morgan fingerprint density at radius 1 is 1.37 bits per heavy atom. The van der Waals surface area contributed by atoms with Crippen molar-refractivity contribution in [1.29, 1.82) is 0 Å². The molecule has 4 heteroatoms. The number of carbonyl (C=O) groups is 1. The average molecular weight is 263 g/mol. The van der Waals surface area contributed by atoms with Gasteiger partial charge in [0.05, 0.1) is 5.69 Å². The number of H-pyrrole nitrogens is 1. The number of hydrogen-bond donors (Lipinski definition) is 1. The molecule has 0 aliphatic carbocycles. The van der Waals surface area contributed by atoms with Crippen LogP contribution in [0.15, 0.2) is 0 Å². The lowest BCUT2D eigenvalue weighted by Gasteiger charge is -2.22. The lowest BCUT2D eigenvalue weighted by Crippen LogP contribution is -2.31. The van der Waals surface area contributed by atoms with Crippen molar-refractivity contribution in [3.8, 4) is 0 Å². The first-order valence-electron chi connectivity index (χ1n) is 7.32. The van der Waals surface area contributed by atoms with Crippen molar-refractivity contribution in [2.45, 2.75) is 59.4 Å². The highest BCUT2D eigenvalue weighted by atomic mass is 16.2. The molecular weight excluding hydrogens is 238 g/mol. The maximum absolute atomic E-state index is 12.3. The highest BCUT2D eigenvalue weighted by molar-refractivity contribution is 5.76. The second-order valence-electron chi connectivity index (χ2n) is 6.24. The number of aryl methyl sites for hydroxylation is 1. The van der Waals surface area contributed by atoms with Crippen LogP contribution in [0.5, 0.6) is 0 Å². The van der Waals surface area contributed by atoms with Crippen molar-refractivity contribution < 1.29 is 4.79 Å². The molecule has 19 heavy (non-hydrogen) atoms. The molecule has 0 aromatic carbocycles. The number of fused-ring (bicyclic) bond motifs is 1. The van der Waals surface area contributed by atoms with Crippen molar-refractivity contribution >= 4 is 5.91 Å². The van der Waals surface area contributed by atoms with E-state index in [1.54, 1.807) is 0 Å². The van der Waals surface area contributed by atoms with E-state index in [9.17, 15) is 4.79 Å². The van der Waals surface area contributed by atoms with Crippen LogP contribution >= 0.6 is 0 Å². The predicted octanol–water partition coefficient (Wildman–Crippen LogP) is 2.85. The van der Waals surface area contributed by atoms with Crippen LogP contribution in [0.4, 0.5) is 0 Å². The van der Waals surface area contributed by atoms with Crippen LogP contribution < -0.4 is 0 Å². The van der Waals surface area contributed by atoms with Crippen LogP contribution in [-0.2, 0) is 17.8 Å². The molecule has 2 rings (SSSR count). The first-order valence-corrected chi connectivity index (χ1v) is 7.32. The van der Waals surface area contributed by atoms with Gasteiger partial charge in [0.2, 0.25) is 5.91 Å². The molecule has 1 N–H and O–H groups in total. The fraction of sp³-hybridized carbons (Fsp3) is 0.733. The quantitative estimate of drug-likeness (QED) is 0.911. The molecule has 2 heterocycles. The Morgan fingerprint density at radius 2 is 2.11 bits per heavy atom. The van der Waals surface area contributed by atoms with Gasteiger partial charge in [0.25, 0.3) is 0 Å². The maximum atomic E-state index is 12.3. The standard InChI is InChI=1S/C15H25N3O/c1-10(2)8-14(19)18-7-5-6-13-12(9-18)15(11(3)4)17-16-13/h10-11H,5-9H2,1-4H3,(H,16,17). The Morgan fingerprint density at radius 3 is 2.74 bits per heavy atom. The van der Waals surface area contributed by atoms with Gasteiger partial charge in [0, 0.05) is 30.8 Å². The van der Waals surface area contributed by atoms with Crippen LogP contribution in [0.3, 0.4) is 0 Å². The van der Waals surface area contributed by atoms with Gasteiger partial charge in [-0.1, -0.05) is 27.7 Å². The number of amides is 1. The van der Waals surface area contributed by atoms with Gasteiger partial charge in [-0.05, 0) is 24.7 Å². The summed E-state index contributed by atoms with van der Waals surface area (Å²) < 4.78 is 0. The van der Waals surface area contributed by atoms with Crippen molar-refractivity contribution in [3.63, 3.8) is 0 Å². The monoisotopic (exact) mass is 263 g/mol. The summed E-state index contributed by atoms with van der Waals surface area (Å²) in [5.41, 5.74) is 3.60. The molecule has 0 bridgehead atoms. The van der Waals surface area contributed by atoms with E-state index >= 15 is 0 Å². The summed E-state index contributed by atoms with van der Waals surface area (Å²) in [5, 5.41) is 7.59. The molecule has 0 radical (unpaired) electrons. The number of aromatic amines is 1. The topological polar surface area (TPSA) is 49.0 Å². The largest absolute Gasteiger partial charge is 0.338 e. The number of aromatic nitrogens is 2. The van der Waals surface area contributed by atoms with Gasteiger partial charge >= 0.3 is 0 Å². The van der Waals surface area contributed by atoms with Crippen LogP contribution in [0.1, 0.15) is 63.4 Å². The summed E-state index contributed by atoms with van der Waals surface area (Å²) >= 11 is 0. The minimum absolute atomic E-state index is 0.277. The first kappa shape index (κ1) is 14.1. The van der Waals surface area contributed by atoms with E-state index < -0.39 is 0 Å². The summed E-state index contributed by atoms with van der Waals surface area (Å²) in [6.07, 6.45) is 2.67. The molecule has 1 aromatic rings. The molecule has 0 fully saturated rings. The van der Waals surface area contributed by atoms with Gasteiger partial charge in [-0.3, -0.25) is 9.89 Å². The summed E-state index contributed by atoms with van der Waals surface area (Å²) in [6, 6.07) is 0. The van der Waals surface area contributed by atoms with E-state index in [0.717, 1.165) is 31.6 Å². The van der Waals surface area contributed by atoms with Crippen LogP contribution in [0.25, 0.3) is 0 Å². The summed E-state index contributed by atoms with van der Waals surface area (Å²) in [5.74, 6) is 1.10. The Kier molecular flexibility index (Phi) is 4.27. The SMILES string of the molecule is CC(C)CC(=O)N1CCCc2[nH]nc(C(C)C)c2C1. The summed E-state index contributed by atoms with van der Waals surface area (Å²) in [4.78, 5) is 14.3. The summed E-state index contributed by atoms with van der Waals surface area (Å²) in [6.45, 7) is 10.1. The highest BCUT2D eigenvalue weighted by Crippen LogP contribution is 2.25. The molecule has 4 nitrogen and oxygen atoms in total. The van der Waals surface area contributed by atoms with Gasteiger partial charge in [-0.25, -0.2) is 0 Å². The Hall–Kier alpha value is -1.32. The molecule has 0 saturated heterocycles. The molecule has 0 unspecified atom stereocenters. The molecule has 106 valence electrons. The fourth-order valence-electron chi connectivity index (χ4n) is 2.69. The normalized spacial score (nSPS) is 15.8. The van der Waals surface area contributed by atoms with E-state index in [-0.39, 0.29) is 5.91 Å². The minimum Gasteiger partial charge on any atom is -0.338 e. The molecular formula is C15H25N3O. The third kappa shape index (κ3) is 3.17. The molecule has 1 aromatic heterocycles. The van der Waals surface area contributed by atoms with Gasteiger partial charge in [0.15, 0.2) is 0 Å². The second kappa shape index (κ2) is 5.76. The zero-order valence-corrected chi connectivity index (χ0v) is 12.5. The van der Waals surface area contributed by atoms with Crippen molar-refractivity contribution in [2.24, 2.45) is 5.92 Å². The molecule has 1 amide bonds. The molecule has 0 spiro atoms. The number of nitrogens with zero attached hydrogens (tertiary/aromatic N) is 2. The Bertz CT molecular complexity index is 448. The van der Waals surface area contributed by atoms with Crippen LogP contribution in [0, 0.1) is 5.92 Å². The number of hydrogen-bond acceptors (Lipinski definition) is 2. The summed E-state index contributed by atoms with van der Waals surface area (Å²) in [7, 11) is 0. The van der Waals surface area contributed by atoms with Gasteiger partial charge < -0.3 is 4.90 Å². The average Bonchev–Trinajstić information content (AvgIpc) is 2.59. The Labute approximate surface area is 115 Å². The van der Waals surface area contributed by atoms with E-state index in [4.69, 9.17) is 0 Å². The van der Waals surface area contributed by atoms with Crippen LogP contribution in [0.2, 0.25) is 0 Å². The smallest absolute Gasteiger partial charge is 0.223 e.